The Bertz CT molecular complexity index is 628. The molecule has 0 spiro atoms. The first-order valence-corrected chi connectivity index (χ1v) is 9.02. The van der Waals surface area contributed by atoms with Gasteiger partial charge >= 0.3 is 0 Å². The molecular weight excluding hydrogens is 330 g/mol. The van der Waals surface area contributed by atoms with Crippen LogP contribution in [0.4, 0.5) is 14.7 Å². The third-order valence-electron chi connectivity index (χ3n) is 3.96. The largest absolute Gasteiger partial charge is 0.338 e. The third kappa shape index (κ3) is 4.88. The van der Waals surface area contributed by atoms with Gasteiger partial charge in [-0.3, -0.25) is 4.90 Å². The van der Waals surface area contributed by atoms with E-state index in [1.54, 1.807) is 11.8 Å². The number of halogens is 2. The van der Waals surface area contributed by atoms with Crippen LogP contribution in [-0.4, -0.2) is 53.3 Å². The van der Waals surface area contributed by atoms with Gasteiger partial charge in [0, 0.05) is 31.1 Å². The van der Waals surface area contributed by atoms with Crippen LogP contribution in [0.3, 0.4) is 0 Å². The summed E-state index contributed by atoms with van der Waals surface area (Å²) in [6.07, 6.45) is 3.51. The van der Waals surface area contributed by atoms with Crippen molar-refractivity contribution in [1.29, 1.82) is 0 Å². The van der Waals surface area contributed by atoms with Crippen molar-refractivity contribution in [3.05, 3.63) is 48.3 Å². The smallest absolute Gasteiger partial charge is 0.225 e. The fraction of sp³-hybridized carbons (Fsp3) is 0.412. The molecular formula is C17H20F2N4S. The zero-order chi connectivity index (χ0) is 16.8. The number of rotatable bonds is 6. The highest BCUT2D eigenvalue weighted by Crippen LogP contribution is 2.19. The van der Waals surface area contributed by atoms with Crippen molar-refractivity contribution in [3.63, 3.8) is 0 Å². The van der Waals surface area contributed by atoms with E-state index in [0.29, 0.717) is 5.95 Å². The Balaban J connectivity index is 1.35. The van der Waals surface area contributed by atoms with Crippen molar-refractivity contribution in [2.45, 2.75) is 11.3 Å². The molecule has 1 fully saturated rings. The molecule has 128 valence electrons. The Morgan fingerprint density at radius 2 is 1.58 bits per heavy atom. The van der Waals surface area contributed by atoms with Crippen LogP contribution in [0, 0.1) is 11.6 Å². The quantitative estimate of drug-likeness (QED) is 0.591. The van der Waals surface area contributed by atoms with Gasteiger partial charge in [0.25, 0.3) is 0 Å². The molecule has 1 aromatic heterocycles. The first-order chi connectivity index (χ1) is 11.7. The van der Waals surface area contributed by atoms with Gasteiger partial charge in [0.1, 0.15) is 5.82 Å². The van der Waals surface area contributed by atoms with Crippen LogP contribution in [0.1, 0.15) is 6.42 Å². The number of aromatic nitrogens is 2. The highest BCUT2D eigenvalue weighted by molar-refractivity contribution is 7.99. The number of thioether (sulfide) groups is 1. The van der Waals surface area contributed by atoms with Gasteiger partial charge in [0.15, 0.2) is 5.82 Å². The average Bonchev–Trinajstić information content (AvgIpc) is 2.62. The van der Waals surface area contributed by atoms with E-state index in [1.165, 1.54) is 24.5 Å². The van der Waals surface area contributed by atoms with E-state index in [0.717, 1.165) is 49.8 Å². The molecule has 1 aliphatic rings. The van der Waals surface area contributed by atoms with Crippen molar-refractivity contribution in [1.82, 2.24) is 14.9 Å². The summed E-state index contributed by atoms with van der Waals surface area (Å²) >= 11 is 1.76. The van der Waals surface area contributed by atoms with Crippen molar-refractivity contribution >= 4 is 17.7 Å². The molecule has 7 heteroatoms. The fourth-order valence-electron chi connectivity index (χ4n) is 2.65. The molecule has 4 nitrogen and oxygen atoms in total. The lowest BCUT2D eigenvalue weighted by Crippen LogP contribution is -2.47. The summed E-state index contributed by atoms with van der Waals surface area (Å²) in [5, 5.41) is 0. The molecule has 1 saturated heterocycles. The van der Waals surface area contributed by atoms with Crippen molar-refractivity contribution in [2.24, 2.45) is 0 Å². The maximum Gasteiger partial charge on any atom is 0.225 e. The number of piperazine rings is 1. The number of hydrogen-bond donors (Lipinski definition) is 0. The second-order valence-electron chi connectivity index (χ2n) is 5.69. The monoisotopic (exact) mass is 350 g/mol. The first-order valence-electron chi connectivity index (χ1n) is 8.04. The molecule has 2 heterocycles. The standard InChI is InChI=1S/C17H20F2N4S/c18-14-2-4-16(5-3-14)24-11-1-6-22-7-9-23(10-8-22)17-20-12-15(19)13-21-17/h2-5,12-13H,1,6-11H2. The summed E-state index contributed by atoms with van der Waals surface area (Å²) in [5.41, 5.74) is 0. The number of benzene rings is 1. The minimum absolute atomic E-state index is 0.192. The fourth-order valence-corrected chi connectivity index (χ4v) is 3.49. The first kappa shape index (κ1) is 17.1. The van der Waals surface area contributed by atoms with Crippen molar-refractivity contribution in [2.75, 3.05) is 43.4 Å². The zero-order valence-corrected chi connectivity index (χ0v) is 14.2. The number of hydrogen-bond acceptors (Lipinski definition) is 5. The molecule has 0 saturated carbocycles. The topological polar surface area (TPSA) is 32.3 Å². The molecule has 0 N–H and O–H groups in total. The number of anilines is 1. The lowest BCUT2D eigenvalue weighted by molar-refractivity contribution is 0.258. The van der Waals surface area contributed by atoms with Gasteiger partial charge in [-0.05, 0) is 43.0 Å². The summed E-state index contributed by atoms with van der Waals surface area (Å²) < 4.78 is 25.7. The molecule has 3 rings (SSSR count). The average molecular weight is 350 g/mol. The highest BCUT2D eigenvalue weighted by Gasteiger charge is 2.18. The predicted octanol–water partition coefficient (Wildman–Crippen LogP) is 3.06. The molecule has 0 aliphatic carbocycles. The zero-order valence-electron chi connectivity index (χ0n) is 13.4. The van der Waals surface area contributed by atoms with Crippen LogP contribution >= 0.6 is 11.8 Å². The van der Waals surface area contributed by atoms with E-state index in [-0.39, 0.29) is 5.82 Å². The van der Waals surface area contributed by atoms with Gasteiger partial charge in [0.05, 0.1) is 12.4 Å². The molecule has 0 amide bonds. The Labute approximate surface area is 144 Å². The Hall–Kier alpha value is -1.73. The maximum absolute atomic E-state index is 12.9. The van der Waals surface area contributed by atoms with E-state index in [4.69, 9.17) is 0 Å². The summed E-state index contributed by atoms with van der Waals surface area (Å²) in [7, 11) is 0. The second-order valence-corrected chi connectivity index (χ2v) is 6.85. The van der Waals surface area contributed by atoms with Crippen LogP contribution in [0.5, 0.6) is 0 Å². The molecule has 1 aromatic carbocycles. The van der Waals surface area contributed by atoms with Gasteiger partial charge in [-0.15, -0.1) is 11.8 Å². The normalized spacial score (nSPS) is 15.7. The van der Waals surface area contributed by atoms with E-state index in [1.807, 2.05) is 12.1 Å². The van der Waals surface area contributed by atoms with Crippen LogP contribution in [0.2, 0.25) is 0 Å². The Kier molecular flexibility index (Phi) is 5.98. The van der Waals surface area contributed by atoms with E-state index < -0.39 is 5.82 Å². The second kappa shape index (κ2) is 8.39. The minimum Gasteiger partial charge on any atom is -0.338 e. The van der Waals surface area contributed by atoms with Gasteiger partial charge in [0.2, 0.25) is 5.95 Å². The maximum atomic E-state index is 12.9. The summed E-state index contributed by atoms with van der Waals surface area (Å²) in [6.45, 7) is 4.68. The molecule has 0 radical (unpaired) electrons. The van der Waals surface area contributed by atoms with Gasteiger partial charge < -0.3 is 4.90 Å². The minimum atomic E-state index is -0.406. The van der Waals surface area contributed by atoms with Crippen molar-refractivity contribution < 1.29 is 8.78 Å². The van der Waals surface area contributed by atoms with Crippen LogP contribution in [0.25, 0.3) is 0 Å². The van der Waals surface area contributed by atoms with E-state index >= 15 is 0 Å². The third-order valence-corrected chi connectivity index (χ3v) is 5.06. The van der Waals surface area contributed by atoms with Crippen LogP contribution in [-0.2, 0) is 0 Å². The summed E-state index contributed by atoms with van der Waals surface area (Å²) in [6, 6.07) is 6.64. The Morgan fingerprint density at radius 3 is 2.25 bits per heavy atom. The van der Waals surface area contributed by atoms with E-state index in [2.05, 4.69) is 19.8 Å². The Morgan fingerprint density at radius 1 is 0.917 bits per heavy atom. The lowest BCUT2D eigenvalue weighted by Gasteiger charge is -2.34. The van der Waals surface area contributed by atoms with Crippen LogP contribution < -0.4 is 4.90 Å². The molecule has 2 aromatic rings. The van der Waals surface area contributed by atoms with Crippen molar-refractivity contribution in [3.8, 4) is 0 Å². The molecule has 24 heavy (non-hydrogen) atoms. The summed E-state index contributed by atoms with van der Waals surface area (Å²) in [4.78, 5) is 13.7. The SMILES string of the molecule is Fc1ccc(SCCCN2CCN(c3ncc(F)cn3)CC2)cc1. The lowest BCUT2D eigenvalue weighted by atomic mass is 10.3. The van der Waals surface area contributed by atoms with Gasteiger partial charge in [-0.2, -0.15) is 0 Å². The molecule has 0 bridgehead atoms. The van der Waals surface area contributed by atoms with Gasteiger partial charge in [-0.25, -0.2) is 18.7 Å². The molecule has 1 aliphatic heterocycles. The predicted molar refractivity (Wildman–Crippen MR) is 92.4 cm³/mol. The highest BCUT2D eigenvalue weighted by atomic mass is 32.2. The van der Waals surface area contributed by atoms with Crippen LogP contribution in [0.15, 0.2) is 41.6 Å². The van der Waals surface area contributed by atoms with E-state index in [9.17, 15) is 8.78 Å². The summed E-state index contributed by atoms with van der Waals surface area (Å²) in [5.74, 6) is 1.02. The molecule has 0 unspecified atom stereocenters. The molecule has 0 atom stereocenters. The van der Waals surface area contributed by atoms with Gasteiger partial charge in [-0.1, -0.05) is 0 Å². The number of nitrogens with zero attached hydrogens (tertiary/aromatic N) is 4.